The molecule has 0 aromatic heterocycles. The zero-order valence-corrected chi connectivity index (χ0v) is 14.7. The monoisotopic (exact) mass is 373 g/mol. The largest absolute Gasteiger partial charge is 0.506 e. The summed E-state index contributed by atoms with van der Waals surface area (Å²) in [5.41, 5.74) is -0.187. The molecule has 2 aromatic carbocycles. The first-order valence-electron chi connectivity index (χ1n) is 7.84. The molecule has 0 atom stereocenters. The molecule has 0 saturated carbocycles. The van der Waals surface area contributed by atoms with Crippen LogP contribution in [0.15, 0.2) is 36.4 Å². The molecule has 134 valence electrons. The number of hydrogen-bond donors (Lipinski definition) is 1. The van der Waals surface area contributed by atoms with Crippen LogP contribution in [-0.4, -0.2) is 23.5 Å². The van der Waals surface area contributed by atoms with Crippen molar-refractivity contribution in [3.63, 3.8) is 0 Å². The number of halogens is 1. The van der Waals surface area contributed by atoms with Crippen LogP contribution in [0.1, 0.15) is 35.7 Å². The van der Waals surface area contributed by atoms with E-state index in [-0.39, 0.29) is 36.3 Å². The molecule has 2 rings (SSSR count). The highest BCUT2D eigenvalue weighted by Crippen LogP contribution is 2.32. The Morgan fingerprint density at radius 2 is 1.85 bits per heavy atom. The van der Waals surface area contributed by atoms with Gasteiger partial charge >= 0.3 is 5.97 Å². The fraction of sp³-hybridized carbons (Fsp3) is 0.211. The van der Waals surface area contributed by atoms with E-state index in [2.05, 4.69) is 0 Å². The summed E-state index contributed by atoms with van der Waals surface area (Å²) < 4.78 is 10.4. The number of Topliss-reactive ketones (excluding diaryl/α,β-unsaturated/α-hetero) is 1. The zero-order valence-electron chi connectivity index (χ0n) is 14.0. The molecule has 0 bridgehead atoms. The highest BCUT2D eigenvalue weighted by molar-refractivity contribution is 6.30. The second kappa shape index (κ2) is 8.88. The molecule has 0 fully saturated rings. The summed E-state index contributed by atoms with van der Waals surface area (Å²) in [6.45, 7) is 1.89. The number of hydrogen-bond acceptors (Lipinski definition) is 6. The average Bonchev–Trinajstić information content (AvgIpc) is 2.63. The van der Waals surface area contributed by atoms with Gasteiger partial charge in [0, 0.05) is 17.5 Å². The smallest absolute Gasteiger partial charge is 0.306 e. The van der Waals surface area contributed by atoms with Gasteiger partial charge in [0.2, 0.25) is 0 Å². The summed E-state index contributed by atoms with van der Waals surface area (Å²) in [5, 5.41) is 19.8. The topological polar surface area (TPSA) is 96.6 Å². The number of carbonyl (C=O) groups excluding carboxylic acids is 2. The van der Waals surface area contributed by atoms with Crippen molar-refractivity contribution < 1.29 is 24.2 Å². The Labute approximate surface area is 155 Å². The second-order valence-corrected chi connectivity index (χ2v) is 5.70. The molecule has 0 radical (unpaired) electrons. The molecule has 0 amide bonds. The minimum absolute atomic E-state index is 0.0858. The van der Waals surface area contributed by atoms with Crippen molar-refractivity contribution >= 4 is 23.4 Å². The van der Waals surface area contributed by atoms with E-state index in [9.17, 15) is 20.0 Å². The van der Waals surface area contributed by atoms with Crippen LogP contribution < -0.4 is 4.74 Å². The predicted octanol–water partition coefficient (Wildman–Crippen LogP) is 4.24. The lowest BCUT2D eigenvalue weighted by Crippen LogP contribution is -2.08. The van der Waals surface area contributed by atoms with Crippen LogP contribution in [0.4, 0.5) is 0 Å². The van der Waals surface area contributed by atoms with E-state index in [0.29, 0.717) is 10.8 Å². The molecule has 0 saturated heterocycles. The summed E-state index contributed by atoms with van der Waals surface area (Å²) in [6, 6.07) is 11.0. The molecule has 7 heteroatoms. The fourth-order valence-corrected chi connectivity index (χ4v) is 2.31. The molecule has 0 aliphatic heterocycles. The molecule has 1 N–H and O–H groups in total. The van der Waals surface area contributed by atoms with Crippen LogP contribution in [0, 0.1) is 11.3 Å². The third-order valence-electron chi connectivity index (χ3n) is 3.42. The number of ether oxygens (including phenoxy) is 2. The van der Waals surface area contributed by atoms with Crippen LogP contribution >= 0.6 is 11.6 Å². The van der Waals surface area contributed by atoms with Gasteiger partial charge in [0.15, 0.2) is 5.78 Å². The van der Waals surface area contributed by atoms with E-state index in [0.717, 1.165) is 0 Å². The van der Waals surface area contributed by atoms with Gasteiger partial charge in [0.1, 0.15) is 23.3 Å². The van der Waals surface area contributed by atoms with Crippen molar-refractivity contribution in [1.29, 1.82) is 5.26 Å². The number of benzene rings is 2. The van der Waals surface area contributed by atoms with Gasteiger partial charge in [0.25, 0.3) is 0 Å². The number of ketones is 1. The highest BCUT2D eigenvalue weighted by Gasteiger charge is 2.18. The van der Waals surface area contributed by atoms with Gasteiger partial charge < -0.3 is 14.6 Å². The summed E-state index contributed by atoms with van der Waals surface area (Å²) in [4.78, 5) is 23.7. The third kappa shape index (κ3) is 4.98. The zero-order chi connectivity index (χ0) is 19.1. The quantitative estimate of drug-likeness (QED) is 0.576. The number of phenolic OH excluding ortho intramolecular Hbond substituents is 1. The van der Waals surface area contributed by atoms with Gasteiger partial charge in [-0.15, -0.1) is 0 Å². The minimum atomic E-state index is -0.505. The number of phenols is 1. The lowest BCUT2D eigenvalue weighted by molar-refractivity contribution is -0.143. The van der Waals surface area contributed by atoms with Crippen molar-refractivity contribution in [2.75, 3.05) is 6.61 Å². The lowest BCUT2D eigenvalue weighted by Gasteiger charge is -2.10. The maximum absolute atomic E-state index is 12.3. The average molecular weight is 374 g/mol. The predicted molar refractivity (Wildman–Crippen MR) is 94.5 cm³/mol. The number of nitriles is 1. The molecule has 2 aromatic rings. The summed E-state index contributed by atoms with van der Waals surface area (Å²) in [5.74, 6) is -0.775. The normalized spacial score (nSPS) is 10.0. The van der Waals surface area contributed by atoms with Gasteiger partial charge in [-0.3, -0.25) is 9.59 Å². The first-order chi connectivity index (χ1) is 12.4. The Balaban J connectivity index is 2.25. The summed E-state index contributed by atoms with van der Waals surface area (Å²) >= 11 is 5.82. The Morgan fingerprint density at radius 1 is 1.15 bits per heavy atom. The molecular formula is C19H16ClNO5. The van der Waals surface area contributed by atoms with Gasteiger partial charge in [-0.05, 0) is 37.3 Å². The number of aromatic hydroxyl groups is 1. The van der Waals surface area contributed by atoms with Crippen molar-refractivity contribution in [3.05, 3.63) is 52.5 Å². The van der Waals surface area contributed by atoms with Crippen molar-refractivity contribution in [2.24, 2.45) is 0 Å². The maximum atomic E-state index is 12.3. The van der Waals surface area contributed by atoms with Crippen LogP contribution in [0.2, 0.25) is 5.02 Å². The molecule has 0 heterocycles. The van der Waals surface area contributed by atoms with Gasteiger partial charge in [-0.1, -0.05) is 11.6 Å². The Morgan fingerprint density at radius 3 is 2.46 bits per heavy atom. The minimum Gasteiger partial charge on any atom is -0.506 e. The molecule has 0 unspecified atom stereocenters. The van der Waals surface area contributed by atoms with Crippen LogP contribution in [0.5, 0.6) is 17.2 Å². The molecule has 0 aliphatic carbocycles. The molecular weight excluding hydrogens is 358 g/mol. The molecule has 6 nitrogen and oxygen atoms in total. The maximum Gasteiger partial charge on any atom is 0.306 e. The number of carbonyl (C=O) groups is 2. The molecule has 0 aliphatic rings. The number of nitrogens with zero attached hydrogens (tertiary/aromatic N) is 1. The first-order valence-corrected chi connectivity index (χ1v) is 8.21. The van der Waals surface area contributed by atoms with Gasteiger partial charge in [-0.2, -0.15) is 5.26 Å². The van der Waals surface area contributed by atoms with Crippen LogP contribution in [0.3, 0.4) is 0 Å². The lowest BCUT2D eigenvalue weighted by atomic mass is 10.0. The van der Waals surface area contributed by atoms with Gasteiger partial charge in [-0.25, -0.2) is 0 Å². The molecule has 0 spiro atoms. The van der Waals surface area contributed by atoms with E-state index in [1.807, 2.05) is 6.07 Å². The molecule has 26 heavy (non-hydrogen) atoms. The van der Waals surface area contributed by atoms with Crippen LogP contribution in [-0.2, 0) is 9.53 Å². The Bertz CT molecular complexity index is 855. The van der Waals surface area contributed by atoms with Gasteiger partial charge in [0.05, 0.1) is 24.2 Å². The SMILES string of the molecule is CCOC(=O)CCC(=O)c1cc(Oc2ccc(Cl)cc2)cc(C#N)c1O. The number of esters is 1. The van der Waals surface area contributed by atoms with Crippen LogP contribution in [0.25, 0.3) is 0 Å². The van der Waals surface area contributed by atoms with E-state index < -0.39 is 17.5 Å². The highest BCUT2D eigenvalue weighted by atomic mass is 35.5. The second-order valence-electron chi connectivity index (χ2n) is 5.26. The van der Waals surface area contributed by atoms with E-state index in [1.165, 1.54) is 12.1 Å². The van der Waals surface area contributed by atoms with Crippen molar-refractivity contribution in [3.8, 4) is 23.3 Å². The Kier molecular flexibility index (Phi) is 6.59. The summed E-state index contributed by atoms with van der Waals surface area (Å²) in [6.07, 6.45) is -0.266. The Hall–Kier alpha value is -3.04. The van der Waals surface area contributed by atoms with Crippen molar-refractivity contribution in [2.45, 2.75) is 19.8 Å². The summed E-state index contributed by atoms with van der Waals surface area (Å²) in [7, 11) is 0. The van der Waals surface area contributed by atoms with E-state index in [4.69, 9.17) is 21.1 Å². The third-order valence-corrected chi connectivity index (χ3v) is 3.67. The van der Waals surface area contributed by atoms with E-state index in [1.54, 1.807) is 31.2 Å². The fourth-order valence-electron chi connectivity index (χ4n) is 2.19. The number of rotatable bonds is 7. The first kappa shape index (κ1) is 19.3. The standard InChI is InChI=1S/C19H16ClNO5/c1-2-25-18(23)8-7-17(22)16-10-15(9-12(11-21)19(16)24)26-14-5-3-13(20)4-6-14/h3-6,9-10,24H,2,7-8H2,1H3. The van der Waals surface area contributed by atoms with E-state index >= 15 is 0 Å². The van der Waals surface area contributed by atoms with Crippen molar-refractivity contribution in [1.82, 2.24) is 0 Å².